The van der Waals surface area contributed by atoms with Crippen LogP contribution in [0, 0.1) is 19.8 Å². The smallest absolute Gasteiger partial charge is 0.445 e. The Morgan fingerprint density at radius 3 is 1.60 bits per heavy atom. The first-order valence-electron chi connectivity index (χ1n) is 22.1. The summed E-state index contributed by atoms with van der Waals surface area (Å²) in [6.45, 7) is 35.6. The van der Waals surface area contributed by atoms with Crippen LogP contribution in [0.4, 0.5) is 5.69 Å². The largest absolute Gasteiger partial charge is 0.507 e. The molecule has 12 heteroatoms. The lowest BCUT2D eigenvalue weighted by atomic mass is 9.64. The quantitative estimate of drug-likeness (QED) is 0.140. The van der Waals surface area contributed by atoms with Gasteiger partial charge in [-0.05, 0) is 138 Å². The van der Waals surface area contributed by atoms with Gasteiger partial charge in [0, 0.05) is 11.7 Å². The normalized spacial score (nSPS) is 13.5. The van der Waals surface area contributed by atoms with Gasteiger partial charge in [-0.2, -0.15) is 0 Å². The van der Waals surface area contributed by atoms with Gasteiger partial charge in [0.15, 0.2) is 0 Å². The molecule has 2 heterocycles. The van der Waals surface area contributed by atoms with Crippen molar-refractivity contribution in [2.24, 2.45) is 5.92 Å². The van der Waals surface area contributed by atoms with Gasteiger partial charge in [0.25, 0.3) is 0 Å². The predicted octanol–water partition coefficient (Wildman–Crippen LogP) is 8.93. The fourth-order valence-corrected chi connectivity index (χ4v) is 6.78. The van der Waals surface area contributed by atoms with Crippen molar-refractivity contribution in [2.45, 2.75) is 122 Å². The van der Waals surface area contributed by atoms with E-state index in [2.05, 4.69) is 103 Å². The molecule has 4 N–H and O–H groups in total. The van der Waals surface area contributed by atoms with Gasteiger partial charge in [-0.15, -0.1) is 0 Å². The van der Waals surface area contributed by atoms with Crippen LogP contribution in [0.5, 0.6) is 5.75 Å². The van der Waals surface area contributed by atoms with Gasteiger partial charge < -0.3 is 30.3 Å². The van der Waals surface area contributed by atoms with E-state index in [0.717, 1.165) is 65.1 Å². The number of amides is 2. The Balaban J connectivity index is 0.000000403. The van der Waals surface area contributed by atoms with E-state index in [4.69, 9.17) is 0 Å². The fraction of sp³-hybridized carbons (Fsp3) is 0.542. The predicted molar refractivity (Wildman–Crippen MR) is 258 cm³/mol. The third-order valence-corrected chi connectivity index (χ3v) is 10.8. The van der Waals surface area contributed by atoms with E-state index in [1.54, 1.807) is 0 Å². The van der Waals surface area contributed by atoms with E-state index < -0.39 is 7.05 Å². The molecule has 0 saturated heterocycles. The van der Waals surface area contributed by atoms with Crippen molar-refractivity contribution >= 4 is 31.5 Å². The summed E-state index contributed by atoms with van der Waals surface area (Å²) in [5.74, 6) is 1.80. The van der Waals surface area contributed by atoms with Crippen LogP contribution in [0.15, 0.2) is 84.0 Å². The molecule has 0 radical (unpaired) electrons. The van der Waals surface area contributed by atoms with E-state index in [0.29, 0.717) is 42.6 Å². The average molecular weight is 827 g/mol. The number of phenolic OH excluding ortho intramolecular Hbond substituents is 1. The number of aryl methyl sites for hydroxylation is 2. The summed E-state index contributed by atoms with van der Waals surface area (Å²) < 4.78 is 0. The van der Waals surface area contributed by atoms with Crippen molar-refractivity contribution in [3.05, 3.63) is 106 Å². The second-order valence-electron chi connectivity index (χ2n) is 16.8. The highest BCUT2D eigenvalue weighted by Gasteiger charge is 2.29. The number of aromatic hydroxyl groups is 1. The number of benzene rings is 2. The fourth-order valence-electron chi connectivity index (χ4n) is 6.78. The number of allylic oxidation sites excluding steroid dienone is 6. The van der Waals surface area contributed by atoms with E-state index in [1.165, 1.54) is 0 Å². The maximum absolute atomic E-state index is 11.9. The van der Waals surface area contributed by atoms with Crippen LogP contribution in [0.2, 0.25) is 0 Å². The van der Waals surface area contributed by atoms with Gasteiger partial charge >= 0.3 is 14.0 Å². The summed E-state index contributed by atoms with van der Waals surface area (Å²) in [6.07, 6.45) is 11.9. The van der Waals surface area contributed by atoms with E-state index in [-0.39, 0.29) is 18.8 Å². The minimum absolute atomic E-state index is 0.0111. The van der Waals surface area contributed by atoms with Crippen LogP contribution in [-0.4, -0.2) is 108 Å². The van der Waals surface area contributed by atoms with Crippen molar-refractivity contribution in [1.82, 2.24) is 24.6 Å². The maximum Gasteiger partial charge on any atom is 0.445 e. The maximum atomic E-state index is 11.9. The van der Waals surface area contributed by atoms with Gasteiger partial charge in [0.2, 0.25) is 11.8 Å². The molecule has 0 unspecified atom stereocenters. The van der Waals surface area contributed by atoms with Crippen LogP contribution in [-0.2, 0) is 9.59 Å². The molecule has 60 heavy (non-hydrogen) atoms. The SMILES string of the molecule is CC(C)C1=CC=CN(C(C)C)B1O.CC(C)c1cccc(C(C)C)c1O.CCN(CC)CC(=O)NB1C(C)=CC=CN1C.CCN(CC)CC(=O)Nc1c(C)cccc1C. The van der Waals surface area contributed by atoms with Crippen molar-refractivity contribution in [2.75, 3.05) is 51.6 Å². The summed E-state index contributed by atoms with van der Waals surface area (Å²) in [4.78, 5) is 32.0. The number of nitrogens with zero attached hydrogens (tertiary/aromatic N) is 4. The summed E-state index contributed by atoms with van der Waals surface area (Å²) in [7, 11) is 1.53. The number of phenols is 1. The first-order valence-corrected chi connectivity index (χ1v) is 22.1. The first-order chi connectivity index (χ1) is 28.2. The zero-order chi connectivity index (χ0) is 45.7. The lowest BCUT2D eigenvalue weighted by Crippen LogP contribution is -2.53. The topological polar surface area (TPSA) is 112 Å². The molecular weight excluding hydrogens is 746 g/mol. The Bertz CT molecular complexity index is 1680. The standard InChI is InChI=1S/C14H22N2O.C12H22BN3O.C12H18O.C10H18BNO/c1-5-16(6-2)10-13(17)15-14-11(3)8-7-9-12(14)4;1-5-16(6-2)10-12(17)14-13-11(3)8-7-9-15(13)4;1-8(2)10-6-5-7-11(9(3)4)12(10)13;1-8(2)10-6-5-7-12(9(3)4)11(10)13/h7-9H,5-6,10H2,1-4H3,(H,15,17);7-9H,5-6,10H2,1-4H3,(H,14,17);2*5-9,13H,1-4H3. The number of carbonyl (C=O) groups excluding carboxylic acids is 2. The molecule has 4 rings (SSSR count). The molecule has 0 atom stereocenters. The Morgan fingerprint density at radius 1 is 0.700 bits per heavy atom. The number of hydrogen-bond donors (Lipinski definition) is 4. The highest BCUT2D eigenvalue weighted by atomic mass is 16.3. The number of nitrogens with one attached hydrogen (secondary N) is 2. The molecule has 0 spiro atoms. The molecule has 332 valence electrons. The summed E-state index contributed by atoms with van der Waals surface area (Å²) in [5, 5.41) is 25.9. The molecular formula is C48H80B2N6O4. The molecule has 0 saturated carbocycles. The molecule has 2 aromatic carbocycles. The number of likely N-dealkylation sites (N-methyl/N-ethyl adjacent to an activating group) is 2. The summed E-state index contributed by atoms with van der Waals surface area (Å²) >= 11 is 0. The average Bonchev–Trinajstić information content (AvgIpc) is 3.19. The molecule has 2 aliphatic heterocycles. The molecule has 2 amide bonds. The zero-order valence-corrected chi connectivity index (χ0v) is 40.1. The van der Waals surface area contributed by atoms with Crippen LogP contribution in [0.3, 0.4) is 0 Å². The number of hydrogen-bond acceptors (Lipinski definition) is 8. The Hall–Kier alpha value is -4.25. The van der Waals surface area contributed by atoms with Crippen molar-refractivity contribution in [3.8, 4) is 5.75 Å². The van der Waals surface area contributed by atoms with Crippen molar-refractivity contribution in [3.63, 3.8) is 0 Å². The van der Waals surface area contributed by atoms with Gasteiger partial charge in [0.1, 0.15) is 5.75 Å². The van der Waals surface area contributed by atoms with Gasteiger partial charge in [0.05, 0.1) is 13.1 Å². The number of para-hydroxylation sites is 2. The highest BCUT2D eigenvalue weighted by Crippen LogP contribution is 2.33. The highest BCUT2D eigenvalue weighted by molar-refractivity contribution is 6.64. The van der Waals surface area contributed by atoms with Gasteiger partial charge in [-0.1, -0.05) is 123 Å². The minimum Gasteiger partial charge on any atom is -0.507 e. The van der Waals surface area contributed by atoms with Crippen molar-refractivity contribution in [1.29, 1.82) is 0 Å². The molecule has 2 aromatic rings. The Labute approximate surface area is 366 Å². The summed E-state index contributed by atoms with van der Waals surface area (Å²) in [5.41, 5.74) is 7.51. The van der Waals surface area contributed by atoms with E-state index in [9.17, 15) is 19.7 Å². The third kappa shape index (κ3) is 17.8. The zero-order valence-electron chi connectivity index (χ0n) is 40.1. The summed E-state index contributed by atoms with van der Waals surface area (Å²) in [6, 6.07) is 12.4. The molecule has 2 aliphatic rings. The van der Waals surface area contributed by atoms with Crippen LogP contribution in [0.25, 0.3) is 0 Å². The minimum atomic E-state index is -0.440. The number of anilines is 1. The monoisotopic (exact) mass is 827 g/mol. The van der Waals surface area contributed by atoms with E-state index in [1.807, 2.05) is 111 Å². The van der Waals surface area contributed by atoms with Gasteiger partial charge in [-0.25, -0.2) is 0 Å². The van der Waals surface area contributed by atoms with Crippen molar-refractivity contribution < 1.29 is 19.7 Å². The van der Waals surface area contributed by atoms with Gasteiger partial charge in [-0.3, -0.25) is 19.4 Å². The third-order valence-electron chi connectivity index (χ3n) is 10.8. The lowest BCUT2D eigenvalue weighted by Gasteiger charge is -2.32. The van der Waals surface area contributed by atoms with Crippen LogP contribution < -0.4 is 10.5 Å². The van der Waals surface area contributed by atoms with Crippen LogP contribution >= 0.6 is 0 Å². The molecule has 0 aliphatic carbocycles. The number of rotatable bonds is 14. The second kappa shape index (κ2) is 27.6. The Morgan fingerprint density at radius 2 is 1.17 bits per heavy atom. The molecule has 10 nitrogen and oxygen atoms in total. The molecule has 0 aromatic heterocycles. The molecule has 0 bridgehead atoms. The Kier molecular flexibility index (Phi) is 24.7. The lowest BCUT2D eigenvalue weighted by molar-refractivity contribution is -0.120. The van der Waals surface area contributed by atoms with E-state index >= 15 is 0 Å². The molecule has 0 fully saturated rings. The first kappa shape index (κ1) is 53.8. The van der Waals surface area contributed by atoms with Crippen LogP contribution in [0.1, 0.15) is 124 Å². The number of carbonyl (C=O) groups is 2. The second-order valence-corrected chi connectivity index (χ2v) is 16.8.